The zero-order valence-corrected chi connectivity index (χ0v) is 37.0. The molecule has 6 rings (SSSR count). The van der Waals surface area contributed by atoms with Crippen LogP contribution in [-0.2, 0) is 40.0 Å². The van der Waals surface area contributed by atoms with E-state index < -0.39 is 12.2 Å². The molecule has 2 N–H and O–H groups in total. The fourth-order valence-corrected chi connectivity index (χ4v) is 8.53. The van der Waals surface area contributed by atoms with Crippen molar-refractivity contribution >= 4 is 76.2 Å². The van der Waals surface area contributed by atoms with Gasteiger partial charge in [0.25, 0.3) is 0 Å². The Morgan fingerprint density at radius 1 is 0.746 bits per heavy atom. The number of aliphatic hydroxyl groups is 1. The van der Waals surface area contributed by atoms with E-state index in [1.54, 1.807) is 24.3 Å². The van der Waals surface area contributed by atoms with Gasteiger partial charge in [-0.1, -0.05) is 102 Å². The first-order chi connectivity index (χ1) is 28.1. The molecule has 0 saturated heterocycles. The quantitative estimate of drug-likeness (QED) is 0.123. The summed E-state index contributed by atoms with van der Waals surface area (Å²) in [5, 5.41) is 14.9. The topological polar surface area (TPSA) is 95.9 Å². The Balaban J connectivity index is 0.000000230. The van der Waals surface area contributed by atoms with E-state index in [0.717, 1.165) is 66.5 Å². The summed E-state index contributed by atoms with van der Waals surface area (Å²) in [6, 6.07) is 23.8. The van der Waals surface area contributed by atoms with Crippen molar-refractivity contribution in [3.05, 3.63) is 150 Å². The Morgan fingerprint density at radius 2 is 1.27 bits per heavy atom. The average Bonchev–Trinajstić information content (AvgIpc) is 3.78. The number of ketones is 2. The van der Waals surface area contributed by atoms with Gasteiger partial charge in [0, 0.05) is 39.1 Å². The third kappa shape index (κ3) is 14.1. The predicted octanol–water partition coefficient (Wildman–Crippen LogP) is 11.8. The molecule has 4 aromatic rings. The first kappa shape index (κ1) is 46.1. The molecule has 0 aromatic heterocycles. The van der Waals surface area contributed by atoms with Crippen molar-refractivity contribution in [3.63, 3.8) is 0 Å². The Kier molecular flexibility index (Phi) is 16.8. The van der Waals surface area contributed by atoms with E-state index in [9.17, 15) is 14.4 Å². The third-order valence-corrected chi connectivity index (χ3v) is 11.1. The Labute approximate surface area is 368 Å². The zero-order valence-electron chi connectivity index (χ0n) is 34.0. The highest BCUT2D eigenvalue weighted by Crippen LogP contribution is 2.38. The van der Waals surface area contributed by atoms with Gasteiger partial charge in [-0.05, 0) is 159 Å². The van der Waals surface area contributed by atoms with Gasteiger partial charge in [-0.2, -0.15) is 0 Å². The van der Waals surface area contributed by atoms with Gasteiger partial charge in [-0.15, -0.1) is 0 Å². The van der Waals surface area contributed by atoms with Gasteiger partial charge >= 0.3 is 6.09 Å². The summed E-state index contributed by atoms with van der Waals surface area (Å²) < 4.78 is 5.75. The summed E-state index contributed by atoms with van der Waals surface area (Å²) in [6.45, 7) is 8.36. The lowest BCUT2D eigenvalue weighted by Crippen LogP contribution is -2.40. The third-order valence-electron chi connectivity index (χ3n) is 10.2. The highest BCUT2D eigenvalue weighted by molar-refractivity contribution is 6.35. The molecule has 0 bridgehead atoms. The molecule has 0 spiro atoms. The van der Waals surface area contributed by atoms with E-state index in [-0.39, 0.29) is 23.7 Å². The molecule has 2 aliphatic carbocycles. The predicted molar refractivity (Wildman–Crippen MR) is 242 cm³/mol. The van der Waals surface area contributed by atoms with Crippen LogP contribution in [0.4, 0.5) is 4.79 Å². The fraction of sp³-hybridized carbons (Fsp3) is 0.354. The van der Waals surface area contributed by atoms with Crippen LogP contribution in [0.15, 0.2) is 84.9 Å². The maximum absolute atomic E-state index is 13.2. The first-order valence-corrected chi connectivity index (χ1v) is 21.5. The molecule has 312 valence electrons. The van der Waals surface area contributed by atoms with E-state index >= 15 is 0 Å². The van der Waals surface area contributed by atoms with Crippen molar-refractivity contribution in [2.45, 2.75) is 90.3 Å². The number of fused-ring (bicyclic) bond motifs is 2. The van der Waals surface area contributed by atoms with Gasteiger partial charge in [0.1, 0.15) is 12.2 Å². The van der Waals surface area contributed by atoms with Crippen molar-refractivity contribution in [1.29, 1.82) is 0 Å². The van der Waals surface area contributed by atoms with Gasteiger partial charge in [-0.3, -0.25) is 9.59 Å². The molecular weight excluding hydrogens is 826 g/mol. The number of halogens is 4. The highest BCUT2D eigenvalue weighted by atomic mass is 35.5. The molecule has 0 saturated carbocycles. The first-order valence-electron chi connectivity index (χ1n) is 20.0. The monoisotopic (exact) mass is 876 g/mol. The lowest BCUT2D eigenvalue weighted by Gasteiger charge is -2.32. The van der Waals surface area contributed by atoms with Crippen molar-refractivity contribution in [2.75, 3.05) is 19.7 Å². The van der Waals surface area contributed by atoms with E-state index in [2.05, 4.69) is 29.6 Å². The number of rotatable bonds is 14. The number of hydrogen-bond donors (Lipinski definition) is 2. The molecule has 11 heteroatoms. The second-order valence-electron chi connectivity index (χ2n) is 15.9. The smallest absolute Gasteiger partial charge is 0.410 e. The molecular formula is C48H52Cl4N2O5. The number of carbonyl (C=O) groups is 3. The average molecular weight is 879 g/mol. The second-order valence-corrected chi connectivity index (χ2v) is 17.6. The van der Waals surface area contributed by atoms with Crippen LogP contribution in [-0.4, -0.2) is 53.0 Å². The number of carbonyl (C=O) groups excluding carboxylic acids is 3. The van der Waals surface area contributed by atoms with Crippen molar-refractivity contribution in [2.24, 2.45) is 0 Å². The molecule has 2 aliphatic rings. The van der Waals surface area contributed by atoms with Crippen molar-refractivity contribution in [1.82, 2.24) is 10.2 Å². The fourth-order valence-electron chi connectivity index (χ4n) is 7.39. The largest absolute Gasteiger partial charge is 0.444 e. The number of benzene rings is 4. The van der Waals surface area contributed by atoms with Crippen LogP contribution in [0.1, 0.15) is 104 Å². The Hall–Kier alpha value is -3.95. The van der Waals surface area contributed by atoms with Crippen LogP contribution in [0.2, 0.25) is 20.1 Å². The lowest BCUT2D eigenvalue weighted by molar-refractivity contribution is -0.117. The van der Waals surface area contributed by atoms with E-state index in [4.69, 9.17) is 56.2 Å². The molecule has 2 atom stereocenters. The number of amides is 1. The van der Waals surface area contributed by atoms with Gasteiger partial charge < -0.3 is 20.1 Å². The van der Waals surface area contributed by atoms with Gasteiger partial charge in [-0.25, -0.2) is 4.79 Å². The SMILES string of the molecule is CCC(=O)/C=C/c1ccc2c(c1)CCC2N(CCc1cc(Cl)cc(Cl)c1)C(=O)OC(C)(C)C.O=C(/C=C/c1ccc2c(c1)CCC2NCCc1cc(Cl)cc(Cl)c1)CO. The molecule has 0 heterocycles. The number of nitrogens with zero attached hydrogens (tertiary/aromatic N) is 1. The summed E-state index contributed by atoms with van der Waals surface area (Å²) >= 11 is 24.4. The Bertz CT molecular complexity index is 2150. The summed E-state index contributed by atoms with van der Waals surface area (Å²) in [5.74, 6) is -0.184. The van der Waals surface area contributed by atoms with E-state index in [0.29, 0.717) is 45.5 Å². The molecule has 59 heavy (non-hydrogen) atoms. The van der Waals surface area contributed by atoms with Gasteiger partial charge in [0.05, 0.1) is 6.04 Å². The maximum atomic E-state index is 13.2. The normalized spacial score (nSPS) is 15.8. The summed E-state index contributed by atoms with van der Waals surface area (Å²) in [7, 11) is 0. The lowest BCUT2D eigenvalue weighted by atomic mass is 10.0. The van der Waals surface area contributed by atoms with Crippen LogP contribution in [0.3, 0.4) is 0 Å². The van der Waals surface area contributed by atoms with Gasteiger partial charge in [0.15, 0.2) is 11.6 Å². The standard InChI is InChI=1S/C27H31Cl2NO3.C21H21Cl2NO2/c1-5-23(31)9-6-18-7-10-24-20(14-18)8-11-25(24)30(26(32)33-27(2,3)4)13-12-19-15-21(28)17-22(29)16-19;22-17-10-15(11-18(23)12-17)7-8-24-21-6-3-16-9-14(2-5-20(16)21)1-4-19(26)13-25/h6-7,9-10,14-17,25H,5,8,11-13H2,1-4H3;1-2,4-5,9-12,21,24-25H,3,6-8,13H2/b9-6+;4-1+. The van der Waals surface area contributed by atoms with E-state index in [1.807, 2.05) is 75.1 Å². The second kappa shape index (κ2) is 21.5. The molecule has 0 aliphatic heterocycles. The molecule has 1 amide bonds. The number of hydrogen-bond acceptors (Lipinski definition) is 6. The molecule has 0 radical (unpaired) electrons. The van der Waals surface area contributed by atoms with Crippen molar-refractivity contribution in [3.8, 4) is 0 Å². The summed E-state index contributed by atoms with van der Waals surface area (Å²) in [6.07, 6.45) is 12.1. The number of aliphatic hydroxyl groups excluding tert-OH is 1. The maximum Gasteiger partial charge on any atom is 0.410 e. The number of allylic oxidation sites excluding steroid dienone is 1. The minimum Gasteiger partial charge on any atom is -0.444 e. The number of aryl methyl sites for hydroxylation is 2. The van der Waals surface area contributed by atoms with Crippen LogP contribution in [0.5, 0.6) is 0 Å². The van der Waals surface area contributed by atoms with Crippen LogP contribution < -0.4 is 5.32 Å². The minimum atomic E-state index is -0.587. The number of ether oxygens (including phenoxy) is 1. The summed E-state index contributed by atoms with van der Waals surface area (Å²) in [4.78, 5) is 37.8. The van der Waals surface area contributed by atoms with Crippen LogP contribution in [0.25, 0.3) is 12.2 Å². The minimum absolute atomic E-state index is 0.0696. The molecule has 4 aromatic carbocycles. The van der Waals surface area contributed by atoms with Gasteiger partial charge in [0.2, 0.25) is 0 Å². The van der Waals surface area contributed by atoms with Crippen molar-refractivity contribution < 1.29 is 24.2 Å². The van der Waals surface area contributed by atoms with Crippen LogP contribution >= 0.6 is 46.4 Å². The highest BCUT2D eigenvalue weighted by Gasteiger charge is 2.33. The molecule has 7 nitrogen and oxygen atoms in total. The summed E-state index contributed by atoms with van der Waals surface area (Å²) in [5.41, 5.74) is 8.45. The molecule has 2 unspecified atom stereocenters. The van der Waals surface area contributed by atoms with Crippen LogP contribution in [0, 0.1) is 0 Å². The molecule has 0 fully saturated rings. The number of nitrogens with one attached hydrogen (secondary N) is 1. The van der Waals surface area contributed by atoms with E-state index in [1.165, 1.54) is 22.8 Å². The zero-order chi connectivity index (χ0) is 42.7. The Morgan fingerprint density at radius 3 is 1.83 bits per heavy atom.